The molecule has 158 valence electrons. The van der Waals surface area contributed by atoms with Crippen LogP contribution in [-0.2, 0) is 14.8 Å². The molecule has 7 heteroatoms. The number of carbonyl (C=O) groups excluding carboxylic acids is 1. The Labute approximate surface area is 177 Å². The Morgan fingerprint density at radius 2 is 1.70 bits per heavy atom. The molecule has 0 aliphatic rings. The number of ether oxygens (including phenoxy) is 1. The molecule has 3 aromatic carbocycles. The number of rotatable bonds is 8. The second-order valence-electron chi connectivity index (χ2n) is 7.06. The van der Waals surface area contributed by atoms with E-state index in [1.54, 1.807) is 12.1 Å². The van der Waals surface area contributed by atoms with Crippen LogP contribution in [0, 0.1) is 0 Å². The zero-order chi connectivity index (χ0) is 21.7. The standard InChI is InChI=1S/C23H26N2O4S/c1-4-29-20-14-12-18(13-15-20)17(2)24-23(26)16-25(30(3,27)28)22-11-7-9-19-8-5-6-10-21(19)22/h5-15,17H,4,16H2,1-3H3,(H,24,26). The van der Waals surface area contributed by atoms with Crippen molar-refractivity contribution in [1.29, 1.82) is 0 Å². The van der Waals surface area contributed by atoms with E-state index in [0.717, 1.165) is 32.6 Å². The Kier molecular flexibility index (Phi) is 6.62. The molecule has 3 aromatic rings. The highest BCUT2D eigenvalue weighted by molar-refractivity contribution is 7.92. The number of benzene rings is 3. The van der Waals surface area contributed by atoms with Crippen LogP contribution in [0.25, 0.3) is 10.8 Å². The fourth-order valence-electron chi connectivity index (χ4n) is 3.33. The van der Waals surface area contributed by atoms with Crippen LogP contribution >= 0.6 is 0 Å². The summed E-state index contributed by atoms with van der Waals surface area (Å²) >= 11 is 0. The van der Waals surface area contributed by atoms with Crippen LogP contribution in [0.3, 0.4) is 0 Å². The zero-order valence-corrected chi connectivity index (χ0v) is 18.1. The average Bonchev–Trinajstić information content (AvgIpc) is 2.71. The minimum absolute atomic E-state index is 0.276. The van der Waals surface area contributed by atoms with Crippen molar-refractivity contribution in [1.82, 2.24) is 5.32 Å². The van der Waals surface area contributed by atoms with Gasteiger partial charge in [0.1, 0.15) is 12.3 Å². The highest BCUT2D eigenvalue weighted by Crippen LogP contribution is 2.28. The fourth-order valence-corrected chi connectivity index (χ4v) is 4.20. The first-order chi connectivity index (χ1) is 14.3. The van der Waals surface area contributed by atoms with E-state index in [-0.39, 0.29) is 18.5 Å². The molecule has 0 saturated carbocycles. The van der Waals surface area contributed by atoms with E-state index in [1.807, 2.05) is 68.4 Å². The number of carbonyl (C=O) groups is 1. The Balaban J connectivity index is 1.79. The van der Waals surface area contributed by atoms with Gasteiger partial charge in [0.05, 0.1) is 24.6 Å². The first kappa shape index (κ1) is 21.6. The summed E-state index contributed by atoms with van der Waals surface area (Å²) in [4.78, 5) is 12.7. The molecule has 6 nitrogen and oxygen atoms in total. The number of fused-ring (bicyclic) bond motifs is 1. The van der Waals surface area contributed by atoms with Crippen LogP contribution in [0.15, 0.2) is 66.7 Å². The largest absolute Gasteiger partial charge is 0.494 e. The molecule has 0 aliphatic carbocycles. The number of nitrogens with one attached hydrogen (secondary N) is 1. The van der Waals surface area contributed by atoms with Crippen molar-refractivity contribution in [3.8, 4) is 5.75 Å². The Bertz CT molecular complexity index is 1120. The summed E-state index contributed by atoms with van der Waals surface area (Å²) in [7, 11) is -3.66. The van der Waals surface area contributed by atoms with E-state index in [4.69, 9.17) is 4.74 Å². The lowest BCUT2D eigenvalue weighted by Gasteiger charge is -2.24. The van der Waals surface area contributed by atoms with E-state index in [1.165, 1.54) is 0 Å². The summed E-state index contributed by atoms with van der Waals surface area (Å²) in [5.74, 6) is 0.383. The molecular weight excluding hydrogens is 400 g/mol. The minimum Gasteiger partial charge on any atom is -0.494 e. The lowest BCUT2D eigenvalue weighted by Crippen LogP contribution is -2.41. The molecule has 0 aromatic heterocycles. The van der Waals surface area contributed by atoms with Crippen LogP contribution < -0.4 is 14.4 Å². The van der Waals surface area contributed by atoms with Crippen LogP contribution in [0.2, 0.25) is 0 Å². The average molecular weight is 427 g/mol. The molecule has 0 bridgehead atoms. The summed E-state index contributed by atoms with van der Waals surface area (Å²) in [5.41, 5.74) is 1.39. The van der Waals surface area contributed by atoms with Gasteiger partial charge in [0.15, 0.2) is 0 Å². The Morgan fingerprint density at radius 3 is 2.37 bits per heavy atom. The molecule has 0 aliphatic heterocycles. The van der Waals surface area contributed by atoms with Crippen molar-refractivity contribution < 1.29 is 17.9 Å². The summed E-state index contributed by atoms with van der Waals surface area (Å²) in [6.07, 6.45) is 1.11. The van der Waals surface area contributed by atoms with Gasteiger partial charge in [0, 0.05) is 5.39 Å². The number of nitrogens with zero attached hydrogens (tertiary/aromatic N) is 1. The third-order valence-corrected chi connectivity index (χ3v) is 5.92. The zero-order valence-electron chi connectivity index (χ0n) is 17.3. The molecule has 0 heterocycles. The van der Waals surface area contributed by atoms with E-state index in [9.17, 15) is 13.2 Å². The van der Waals surface area contributed by atoms with Crippen LogP contribution in [0.4, 0.5) is 5.69 Å². The van der Waals surface area contributed by atoms with Gasteiger partial charge >= 0.3 is 0 Å². The number of hydrogen-bond donors (Lipinski definition) is 1. The second kappa shape index (κ2) is 9.17. The lowest BCUT2D eigenvalue weighted by atomic mass is 10.1. The SMILES string of the molecule is CCOc1ccc(C(C)NC(=O)CN(c2cccc3ccccc23)S(C)(=O)=O)cc1. The highest BCUT2D eigenvalue weighted by atomic mass is 32.2. The number of hydrogen-bond acceptors (Lipinski definition) is 4. The molecule has 0 radical (unpaired) electrons. The third kappa shape index (κ3) is 5.10. The predicted octanol–water partition coefficient (Wildman–Crippen LogP) is 3.88. The molecule has 3 rings (SSSR count). The Morgan fingerprint density at radius 1 is 1.03 bits per heavy atom. The number of anilines is 1. The van der Waals surface area contributed by atoms with E-state index in [0.29, 0.717) is 12.3 Å². The van der Waals surface area contributed by atoms with Gasteiger partial charge in [-0.25, -0.2) is 8.42 Å². The van der Waals surface area contributed by atoms with Gasteiger partial charge in [-0.2, -0.15) is 0 Å². The van der Waals surface area contributed by atoms with Gasteiger partial charge < -0.3 is 10.1 Å². The van der Waals surface area contributed by atoms with Gasteiger partial charge in [-0.15, -0.1) is 0 Å². The molecule has 1 amide bonds. The van der Waals surface area contributed by atoms with Gasteiger partial charge in [-0.1, -0.05) is 48.5 Å². The summed E-state index contributed by atoms with van der Waals surface area (Å²) < 4.78 is 31.6. The molecule has 1 atom stereocenters. The summed E-state index contributed by atoms with van der Waals surface area (Å²) in [6.45, 7) is 4.06. The predicted molar refractivity (Wildman–Crippen MR) is 120 cm³/mol. The third-order valence-electron chi connectivity index (χ3n) is 4.79. The Hall–Kier alpha value is -3.06. The van der Waals surface area contributed by atoms with Crippen molar-refractivity contribution in [3.05, 3.63) is 72.3 Å². The van der Waals surface area contributed by atoms with E-state index in [2.05, 4.69) is 5.32 Å². The topological polar surface area (TPSA) is 75.7 Å². The van der Waals surface area contributed by atoms with Crippen LogP contribution in [0.5, 0.6) is 5.75 Å². The van der Waals surface area contributed by atoms with Crippen molar-refractivity contribution in [2.75, 3.05) is 23.7 Å². The molecule has 0 saturated heterocycles. The van der Waals surface area contributed by atoms with Gasteiger partial charge in [-0.3, -0.25) is 9.10 Å². The maximum absolute atomic E-state index is 12.7. The molecule has 1 unspecified atom stereocenters. The quantitative estimate of drug-likeness (QED) is 0.593. The molecule has 0 spiro atoms. The monoisotopic (exact) mass is 426 g/mol. The van der Waals surface area contributed by atoms with E-state index >= 15 is 0 Å². The summed E-state index contributed by atoms with van der Waals surface area (Å²) in [5, 5.41) is 4.57. The smallest absolute Gasteiger partial charge is 0.241 e. The maximum Gasteiger partial charge on any atom is 0.241 e. The van der Waals surface area contributed by atoms with Crippen molar-refractivity contribution in [3.63, 3.8) is 0 Å². The summed E-state index contributed by atoms with van der Waals surface area (Å²) in [6, 6.07) is 20.1. The van der Waals surface area contributed by atoms with Crippen molar-refractivity contribution in [2.45, 2.75) is 19.9 Å². The van der Waals surface area contributed by atoms with Gasteiger partial charge in [-0.05, 0) is 43.0 Å². The lowest BCUT2D eigenvalue weighted by molar-refractivity contribution is -0.120. The molecule has 30 heavy (non-hydrogen) atoms. The number of amides is 1. The molecule has 1 N–H and O–H groups in total. The van der Waals surface area contributed by atoms with Crippen molar-refractivity contribution in [2.24, 2.45) is 0 Å². The second-order valence-corrected chi connectivity index (χ2v) is 8.97. The first-order valence-electron chi connectivity index (χ1n) is 9.77. The normalized spacial score (nSPS) is 12.4. The van der Waals surface area contributed by atoms with Gasteiger partial charge in [0.25, 0.3) is 0 Å². The first-order valence-corrected chi connectivity index (χ1v) is 11.6. The fraction of sp³-hybridized carbons (Fsp3) is 0.261. The minimum atomic E-state index is -3.66. The van der Waals surface area contributed by atoms with Gasteiger partial charge in [0.2, 0.25) is 15.9 Å². The number of sulfonamides is 1. The highest BCUT2D eigenvalue weighted by Gasteiger charge is 2.23. The van der Waals surface area contributed by atoms with Crippen LogP contribution in [0.1, 0.15) is 25.5 Å². The van der Waals surface area contributed by atoms with Crippen LogP contribution in [-0.4, -0.2) is 33.7 Å². The molecule has 0 fully saturated rings. The van der Waals surface area contributed by atoms with Crippen molar-refractivity contribution >= 4 is 32.4 Å². The maximum atomic E-state index is 12.7. The van der Waals surface area contributed by atoms with E-state index < -0.39 is 10.0 Å². The molecular formula is C23H26N2O4S.